The van der Waals surface area contributed by atoms with Crippen LogP contribution in [0.2, 0.25) is 0 Å². The largest absolute Gasteiger partial charge is 0.399 e. The molecule has 1 heterocycles. The number of nitrogen functional groups attached to an aromatic ring is 1. The molecule has 0 aromatic heterocycles. The van der Waals surface area contributed by atoms with Crippen molar-refractivity contribution in [3.8, 4) is 0 Å². The molecule has 2 heteroatoms. The van der Waals surface area contributed by atoms with E-state index in [4.69, 9.17) is 5.73 Å². The van der Waals surface area contributed by atoms with Crippen LogP contribution >= 0.6 is 0 Å². The van der Waals surface area contributed by atoms with Gasteiger partial charge in [-0.1, -0.05) is 36.4 Å². The lowest BCUT2D eigenvalue weighted by Gasteiger charge is -2.36. The smallest absolute Gasteiger partial charge is 0.0401 e. The summed E-state index contributed by atoms with van der Waals surface area (Å²) < 4.78 is 0. The minimum Gasteiger partial charge on any atom is -0.399 e. The monoisotopic (exact) mass is 266 g/mol. The molecule has 0 saturated heterocycles. The van der Waals surface area contributed by atoms with Crippen molar-refractivity contribution in [1.82, 2.24) is 0 Å². The molecule has 1 aliphatic rings. The Morgan fingerprint density at radius 3 is 2.70 bits per heavy atom. The number of nitrogens with zero attached hydrogens (tertiary/aromatic N) is 1. The van der Waals surface area contributed by atoms with E-state index < -0.39 is 0 Å². The van der Waals surface area contributed by atoms with Crippen molar-refractivity contribution in [2.75, 3.05) is 17.2 Å². The Kier molecular flexibility index (Phi) is 3.64. The van der Waals surface area contributed by atoms with E-state index in [0.29, 0.717) is 6.04 Å². The topological polar surface area (TPSA) is 29.3 Å². The molecular formula is C18H22N2. The molecule has 2 aromatic carbocycles. The van der Waals surface area contributed by atoms with Gasteiger partial charge in [0.2, 0.25) is 0 Å². The van der Waals surface area contributed by atoms with Gasteiger partial charge in [-0.25, -0.2) is 0 Å². The fraction of sp³-hybridized carbons (Fsp3) is 0.333. The summed E-state index contributed by atoms with van der Waals surface area (Å²) in [5.41, 5.74) is 11.1. The Hall–Kier alpha value is -1.96. The number of fused-ring (bicyclic) bond motifs is 1. The van der Waals surface area contributed by atoms with Gasteiger partial charge < -0.3 is 10.6 Å². The molecule has 2 aromatic rings. The summed E-state index contributed by atoms with van der Waals surface area (Å²) >= 11 is 0. The van der Waals surface area contributed by atoms with Crippen molar-refractivity contribution in [3.05, 3.63) is 59.7 Å². The third-order valence-electron chi connectivity index (χ3n) is 4.25. The number of nitrogens with two attached hydrogens (primary N) is 1. The summed E-state index contributed by atoms with van der Waals surface area (Å²) in [6.07, 6.45) is 3.44. The molecule has 0 aliphatic carbocycles. The zero-order valence-corrected chi connectivity index (χ0v) is 12.0. The van der Waals surface area contributed by atoms with Crippen LogP contribution in [0.4, 0.5) is 11.4 Å². The van der Waals surface area contributed by atoms with E-state index >= 15 is 0 Å². The molecule has 0 radical (unpaired) electrons. The Morgan fingerprint density at radius 1 is 1.10 bits per heavy atom. The predicted octanol–water partition coefficient (Wildman–Crippen LogP) is 3.65. The Bertz CT molecular complexity index is 591. The minimum atomic E-state index is 0.473. The summed E-state index contributed by atoms with van der Waals surface area (Å²) in [6, 6.07) is 17.5. The van der Waals surface area contributed by atoms with Crippen molar-refractivity contribution in [3.63, 3.8) is 0 Å². The van der Waals surface area contributed by atoms with Gasteiger partial charge in [-0.05, 0) is 49.4 Å². The lowest BCUT2D eigenvalue weighted by molar-refractivity contribution is 0.590. The van der Waals surface area contributed by atoms with Crippen molar-refractivity contribution in [2.24, 2.45) is 0 Å². The summed E-state index contributed by atoms with van der Waals surface area (Å²) in [5, 5.41) is 0. The predicted molar refractivity (Wildman–Crippen MR) is 86.1 cm³/mol. The zero-order valence-electron chi connectivity index (χ0n) is 12.0. The average molecular weight is 266 g/mol. The van der Waals surface area contributed by atoms with Gasteiger partial charge in [-0.15, -0.1) is 0 Å². The first-order valence-corrected chi connectivity index (χ1v) is 7.43. The van der Waals surface area contributed by atoms with Gasteiger partial charge in [0.1, 0.15) is 0 Å². The number of aryl methyl sites for hydroxylation is 1. The maximum atomic E-state index is 6.07. The first-order valence-electron chi connectivity index (χ1n) is 7.43. The summed E-state index contributed by atoms with van der Waals surface area (Å²) in [5.74, 6) is 0. The second kappa shape index (κ2) is 5.58. The quantitative estimate of drug-likeness (QED) is 0.859. The maximum Gasteiger partial charge on any atom is 0.0401 e. The Morgan fingerprint density at radius 2 is 1.85 bits per heavy atom. The molecule has 0 spiro atoms. The number of rotatable bonds is 3. The van der Waals surface area contributed by atoms with Crippen LogP contribution in [0.15, 0.2) is 48.5 Å². The standard InChI is InChI=1S/C18H22N2/c1-14(13-16-8-2-4-10-17(16)19)20-12-6-9-15-7-3-5-11-18(15)20/h2-5,7-8,10-11,14H,6,9,12-13,19H2,1H3. The van der Waals surface area contributed by atoms with Gasteiger partial charge in [0.15, 0.2) is 0 Å². The number of anilines is 2. The van der Waals surface area contributed by atoms with E-state index in [-0.39, 0.29) is 0 Å². The number of benzene rings is 2. The van der Waals surface area contributed by atoms with Gasteiger partial charge in [-0.2, -0.15) is 0 Å². The highest BCUT2D eigenvalue weighted by atomic mass is 15.2. The molecule has 2 N–H and O–H groups in total. The van der Waals surface area contributed by atoms with Gasteiger partial charge in [-0.3, -0.25) is 0 Å². The van der Waals surface area contributed by atoms with Crippen LogP contribution in [0.5, 0.6) is 0 Å². The zero-order chi connectivity index (χ0) is 13.9. The third-order valence-corrected chi connectivity index (χ3v) is 4.25. The van der Waals surface area contributed by atoms with E-state index in [0.717, 1.165) is 18.7 Å². The van der Waals surface area contributed by atoms with Crippen LogP contribution in [0.1, 0.15) is 24.5 Å². The first-order chi connectivity index (χ1) is 9.75. The van der Waals surface area contributed by atoms with E-state index in [1.54, 1.807) is 0 Å². The minimum absolute atomic E-state index is 0.473. The van der Waals surface area contributed by atoms with E-state index in [1.165, 1.54) is 29.7 Å². The molecule has 1 aliphatic heterocycles. The van der Waals surface area contributed by atoms with E-state index in [1.807, 2.05) is 12.1 Å². The highest BCUT2D eigenvalue weighted by Crippen LogP contribution is 2.29. The lowest BCUT2D eigenvalue weighted by atomic mass is 9.97. The van der Waals surface area contributed by atoms with Crippen LogP contribution in [0.25, 0.3) is 0 Å². The third kappa shape index (κ3) is 2.51. The van der Waals surface area contributed by atoms with Crippen LogP contribution in [-0.4, -0.2) is 12.6 Å². The molecule has 104 valence electrons. The van der Waals surface area contributed by atoms with Gasteiger partial charge in [0, 0.05) is 24.0 Å². The fourth-order valence-electron chi connectivity index (χ4n) is 3.17. The molecule has 0 saturated carbocycles. The Labute approximate surface area is 121 Å². The molecule has 3 rings (SSSR count). The lowest BCUT2D eigenvalue weighted by Crippen LogP contribution is -2.38. The van der Waals surface area contributed by atoms with E-state index in [2.05, 4.69) is 48.2 Å². The highest BCUT2D eigenvalue weighted by Gasteiger charge is 2.21. The number of hydrogen-bond donors (Lipinski definition) is 1. The van der Waals surface area contributed by atoms with Crippen molar-refractivity contribution < 1.29 is 0 Å². The van der Waals surface area contributed by atoms with Crippen molar-refractivity contribution in [2.45, 2.75) is 32.2 Å². The molecule has 0 bridgehead atoms. The number of para-hydroxylation sites is 2. The molecule has 2 nitrogen and oxygen atoms in total. The van der Waals surface area contributed by atoms with Gasteiger partial charge >= 0.3 is 0 Å². The van der Waals surface area contributed by atoms with Crippen LogP contribution < -0.4 is 10.6 Å². The molecule has 1 unspecified atom stereocenters. The summed E-state index contributed by atoms with van der Waals surface area (Å²) in [4.78, 5) is 2.53. The van der Waals surface area contributed by atoms with Gasteiger partial charge in [0.25, 0.3) is 0 Å². The molecule has 0 amide bonds. The second-order valence-corrected chi connectivity index (χ2v) is 5.68. The van der Waals surface area contributed by atoms with Gasteiger partial charge in [0.05, 0.1) is 0 Å². The Balaban J connectivity index is 1.82. The SMILES string of the molecule is CC(Cc1ccccc1N)N1CCCc2ccccc21. The average Bonchev–Trinajstić information content (AvgIpc) is 2.49. The van der Waals surface area contributed by atoms with Crippen molar-refractivity contribution >= 4 is 11.4 Å². The molecular weight excluding hydrogens is 244 g/mol. The first kappa shape index (κ1) is 13.0. The molecule has 1 atom stereocenters. The molecule has 0 fully saturated rings. The second-order valence-electron chi connectivity index (χ2n) is 5.68. The highest BCUT2D eigenvalue weighted by molar-refractivity contribution is 5.57. The maximum absolute atomic E-state index is 6.07. The van der Waals surface area contributed by atoms with Crippen LogP contribution in [-0.2, 0) is 12.8 Å². The van der Waals surface area contributed by atoms with Crippen LogP contribution in [0, 0.1) is 0 Å². The normalized spacial score (nSPS) is 15.8. The van der Waals surface area contributed by atoms with Crippen LogP contribution in [0.3, 0.4) is 0 Å². The van der Waals surface area contributed by atoms with Crippen molar-refractivity contribution in [1.29, 1.82) is 0 Å². The molecule has 20 heavy (non-hydrogen) atoms. The fourth-order valence-corrected chi connectivity index (χ4v) is 3.17. The summed E-state index contributed by atoms with van der Waals surface area (Å²) in [7, 11) is 0. The number of hydrogen-bond acceptors (Lipinski definition) is 2. The summed E-state index contributed by atoms with van der Waals surface area (Å²) in [6.45, 7) is 3.44. The van der Waals surface area contributed by atoms with E-state index in [9.17, 15) is 0 Å².